The van der Waals surface area contributed by atoms with Gasteiger partial charge in [-0.25, -0.2) is 4.98 Å². The van der Waals surface area contributed by atoms with Crippen LogP contribution in [0.3, 0.4) is 0 Å². The summed E-state index contributed by atoms with van der Waals surface area (Å²) in [4.78, 5) is 11.6. The minimum absolute atomic E-state index is 0.440. The Bertz CT molecular complexity index is 783. The quantitative estimate of drug-likeness (QED) is 0.473. The lowest BCUT2D eigenvalue weighted by molar-refractivity contribution is 0.271. The van der Waals surface area contributed by atoms with Gasteiger partial charge in [0.25, 0.3) is 0 Å². The fourth-order valence-electron chi connectivity index (χ4n) is 3.62. The molecule has 1 saturated heterocycles. The number of nitrogens with one attached hydrogen (secondary N) is 2. The number of ether oxygens (including phenoxy) is 1. The van der Waals surface area contributed by atoms with Gasteiger partial charge in [0.1, 0.15) is 11.6 Å². The van der Waals surface area contributed by atoms with E-state index in [4.69, 9.17) is 9.73 Å². The maximum atomic E-state index is 5.76. The molecule has 0 aliphatic carbocycles. The van der Waals surface area contributed by atoms with E-state index in [1.54, 1.807) is 0 Å². The SMILES string of the molecule is CCNC(=NCCc1ccc(OCC(C)C)cc1)NC1CCN(c2ccccn2)CC1. The van der Waals surface area contributed by atoms with E-state index in [0.29, 0.717) is 12.0 Å². The fraction of sp³-hybridized carbons (Fsp3) is 0.520. The molecule has 0 spiro atoms. The van der Waals surface area contributed by atoms with Crippen molar-refractivity contribution in [3.8, 4) is 5.75 Å². The summed E-state index contributed by atoms with van der Waals surface area (Å²) in [5.74, 6) is 3.46. The minimum atomic E-state index is 0.440. The fourth-order valence-corrected chi connectivity index (χ4v) is 3.62. The molecule has 1 aromatic carbocycles. The van der Waals surface area contributed by atoms with Gasteiger partial charge in [-0.1, -0.05) is 32.0 Å². The topological polar surface area (TPSA) is 61.8 Å². The summed E-state index contributed by atoms with van der Waals surface area (Å²) < 4.78 is 5.76. The average molecular weight is 424 g/mol. The zero-order valence-corrected chi connectivity index (χ0v) is 19.2. The largest absolute Gasteiger partial charge is 0.493 e. The Kier molecular flexibility index (Phi) is 9.00. The molecule has 2 aromatic rings. The van der Waals surface area contributed by atoms with Crippen molar-refractivity contribution in [3.63, 3.8) is 0 Å². The summed E-state index contributed by atoms with van der Waals surface area (Å²) >= 11 is 0. The van der Waals surface area contributed by atoms with Crippen molar-refractivity contribution >= 4 is 11.8 Å². The predicted octanol–water partition coefficient (Wildman–Crippen LogP) is 3.88. The molecule has 0 radical (unpaired) electrons. The lowest BCUT2D eigenvalue weighted by Gasteiger charge is -2.33. The molecule has 0 amide bonds. The van der Waals surface area contributed by atoms with Gasteiger partial charge in [-0.3, -0.25) is 4.99 Å². The van der Waals surface area contributed by atoms with Crippen molar-refractivity contribution in [1.29, 1.82) is 0 Å². The molecule has 31 heavy (non-hydrogen) atoms. The van der Waals surface area contributed by atoms with Crippen molar-refractivity contribution in [2.45, 2.75) is 46.1 Å². The van der Waals surface area contributed by atoms with Crippen LogP contribution < -0.4 is 20.3 Å². The second-order valence-electron chi connectivity index (χ2n) is 8.45. The van der Waals surface area contributed by atoms with Crippen LogP contribution in [-0.4, -0.2) is 49.8 Å². The summed E-state index contributed by atoms with van der Waals surface area (Å²) in [6.07, 6.45) is 4.94. The molecule has 168 valence electrons. The molecule has 2 N–H and O–H groups in total. The van der Waals surface area contributed by atoms with Gasteiger partial charge in [0, 0.05) is 38.4 Å². The lowest BCUT2D eigenvalue weighted by atomic mass is 10.1. The number of anilines is 1. The molecule has 0 atom stereocenters. The van der Waals surface area contributed by atoms with Crippen LogP contribution in [0.4, 0.5) is 5.82 Å². The van der Waals surface area contributed by atoms with Crippen molar-refractivity contribution in [1.82, 2.24) is 15.6 Å². The zero-order valence-electron chi connectivity index (χ0n) is 19.2. The number of hydrogen-bond acceptors (Lipinski definition) is 4. The van der Waals surface area contributed by atoms with E-state index in [0.717, 1.165) is 69.6 Å². The number of hydrogen-bond donors (Lipinski definition) is 2. The third-order valence-electron chi connectivity index (χ3n) is 5.33. The number of aliphatic imine (C=N–C) groups is 1. The Morgan fingerprint density at radius 3 is 2.58 bits per heavy atom. The van der Waals surface area contributed by atoms with E-state index in [2.05, 4.69) is 77.7 Å². The average Bonchev–Trinajstić information content (AvgIpc) is 2.80. The van der Waals surface area contributed by atoms with Crippen LogP contribution in [0.1, 0.15) is 39.2 Å². The number of piperidine rings is 1. The first-order valence-corrected chi connectivity index (χ1v) is 11.6. The van der Waals surface area contributed by atoms with Crippen LogP contribution in [0.25, 0.3) is 0 Å². The van der Waals surface area contributed by atoms with Crippen LogP contribution in [-0.2, 0) is 6.42 Å². The normalized spacial score (nSPS) is 15.2. The Hall–Kier alpha value is -2.76. The summed E-state index contributed by atoms with van der Waals surface area (Å²) in [5, 5.41) is 7.01. The second kappa shape index (κ2) is 12.2. The molecular weight excluding hydrogens is 386 g/mol. The standard InChI is InChI=1S/C25H37N5O/c1-4-26-25(28-16-12-21-8-10-23(11-9-21)31-19-20(2)3)29-22-13-17-30(18-14-22)24-7-5-6-15-27-24/h5-11,15,20,22H,4,12-14,16-19H2,1-3H3,(H2,26,28,29). The van der Waals surface area contributed by atoms with Crippen LogP contribution >= 0.6 is 0 Å². The Morgan fingerprint density at radius 2 is 1.94 bits per heavy atom. The van der Waals surface area contributed by atoms with Gasteiger partial charge in [-0.2, -0.15) is 0 Å². The van der Waals surface area contributed by atoms with Gasteiger partial charge < -0.3 is 20.3 Å². The van der Waals surface area contributed by atoms with Gasteiger partial charge >= 0.3 is 0 Å². The highest BCUT2D eigenvalue weighted by molar-refractivity contribution is 5.80. The van der Waals surface area contributed by atoms with Gasteiger partial charge in [-0.15, -0.1) is 0 Å². The summed E-state index contributed by atoms with van der Waals surface area (Å²) in [6, 6.07) is 14.9. The molecular formula is C25H37N5O. The van der Waals surface area contributed by atoms with E-state index < -0.39 is 0 Å². The number of nitrogens with zero attached hydrogens (tertiary/aromatic N) is 3. The maximum Gasteiger partial charge on any atom is 0.191 e. The molecule has 1 aliphatic heterocycles. The smallest absolute Gasteiger partial charge is 0.191 e. The summed E-state index contributed by atoms with van der Waals surface area (Å²) in [7, 11) is 0. The highest BCUT2D eigenvalue weighted by Crippen LogP contribution is 2.17. The Balaban J connectivity index is 1.45. The Morgan fingerprint density at radius 1 is 1.16 bits per heavy atom. The van der Waals surface area contributed by atoms with Crippen molar-refractivity contribution < 1.29 is 4.74 Å². The number of pyridine rings is 1. The van der Waals surface area contributed by atoms with Gasteiger partial charge in [0.05, 0.1) is 6.61 Å². The molecule has 1 aromatic heterocycles. The van der Waals surface area contributed by atoms with Crippen LogP contribution in [0, 0.1) is 5.92 Å². The molecule has 6 nitrogen and oxygen atoms in total. The first-order valence-electron chi connectivity index (χ1n) is 11.6. The number of benzene rings is 1. The molecule has 0 unspecified atom stereocenters. The van der Waals surface area contributed by atoms with Gasteiger partial charge in [0.15, 0.2) is 5.96 Å². The number of aromatic nitrogens is 1. The van der Waals surface area contributed by atoms with E-state index >= 15 is 0 Å². The van der Waals surface area contributed by atoms with E-state index in [-0.39, 0.29) is 0 Å². The highest BCUT2D eigenvalue weighted by atomic mass is 16.5. The first-order chi connectivity index (χ1) is 15.1. The van der Waals surface area contributed by atoms with Crippen molar-refractivity contribution in [2.24, 2.45) is 10.9 Å². The molecule has 0 saturated carbocycles. The molecule has 2 heterocycles. The number of guanidine groups is 1. The van der Waals surface area contributed by atoms with Gasteiger partial charge in [0.2, 0.25) is 0 Å². The lowest BCUT2D eigenvalue weighted by Crippen LogP contribution is -2.49. The van der Waals surface area contributed by atoms with Gasteiger partial charge in [-0.05, 0) is 61.9 Å². The summed E-state index contributed by atoms with van der Waals surface area (Å²) in [6.45, 7) is 10.8. The molecule has 1 aliphatic rings. The maximum absolute atomic E-state index is 5.76. The van der Waals surface area contributed by atoms with E-state index in [9.17, 15) is 0 Å². The van der Waals surface area contributed by atoms with Crippen molar-refractivity contribution in [2.75, 3.05) is 37.7 Å². The highest BCUT2D eigenvalue weighted by Gasteiger charge is 2.20. The first kappa shape index (κ1) is 22.9. The van der Waals surface area contributed by atoms with Crippen molar-refractivity contribution in [3.05, 3.63) is 54.2 Å². The van der Waals surface area contributed by atoms with E-state index in [1.807, 2.05) is 12.3 Å². The minimum Gasteiger partial charge on any atom is -0.493 e. The molecule has 1 fully saturated rings. The third-order valence-corrected chi connectivity index (χ3v) is 5.33. The Labute approximate surface area is 187 Å². The molecule has 6 heteroatoms. The third kappa shape index (κ3) is 7.78. The van der Waals surface area contributed by atoms with Crippen LogP contribution in [0.2, 0.25) is 0 Å². The second-order valence-corrected chi connectivity index (χ2v) is 8.45. The van der Waals surface area contributed by atoms with Crippen LogP contribution in [0.15, 0.2) is 53.7 Å². The van der Waals surface area contributed by atoms with Crippen LogP contribution in [0.5, 0.6) is 5.75 Å². The molecule has 0 bridgehead atoms. The zero-order chi connectivity index (χ0) is 21.9. The molecule has 3 rings (SSSR count). The number of rotatable bonds is 9. The predicted molar refractivity (Wildman–Crippen MR) is 129 cm³/mol. The van der Waals surface area contributed by atoms with E-state index in [1.165, 1.54) is 5.56 Å². The summed E-state index contributed by atoms with van der Waals surface area (Å²) in [5.41, 5.74) is 1.28. The monoisotopic (exact) mass is 423 g/mol.